The lowest BCUT2D eigenvalue weighted by molar-refractivity contribution is 0.0320. The maximum absolute atomic E-state index is 13.0. The number of aliphatic hydroxyl groups excluding tert-OH is 1. The van der Waals surface area contributed by atoms with Crippen LogP contribution < -0.4 is 0 Å². The van der Waals surface area contributed by atoms with Gasteiger partial charge in [0.15, 0.2) is 0 Å². The molecule has 1 aromatic carbocycles. The fraction of sp³-hybridized carbons (Fsp3) is 0.500. The summed E-state index contributed by atoms with van der Waals surface area (Å²) in [5.74, 6) is -0.137. The van der Waals surface area contributed by atoms with E-state index in [1.807, 2.05) is 13.0 Å². The van der Waals surface area contributed by atoms with Gasteiger partial charge in [-0.15, -0.1) is 0 Å². The number of rotatable bonds is 2. The van der Waals surface area contributed by atoms with E-state index in [1.54, 1.807) is 6.07 Å². The first-order valence-corrected chi connectivity index (χ1v) is 6.19. The lowest BCUT2D eigenvalue weighted by atomic mass is 9.96. The zero-order chi connectivity index (χ0) is 13.1. The third-order valence-electron chi connectivity index (χ3n) is 3.53. The zero-order valence-corrected chi connectivity index (χ0v) is 10.4. The van der Waals surface area contributed by atoms with E-state index in [0.29, 0.717) is 12.1 Å². The second kappa shape index (κ2) is 5.47. The summed E-state index contributed by atoms with van der Waals surface area (Å²) in [6, 6.07) is 6.36. The summed E-state index contributed by atoms with van der Waals surface area (Å²) in [4.78, 5) is 2.20. The van der Waals surface area contributed by atoms with Gasteiger partial charge < -0.3 is 5.11 Å². The standard InChI is InChI=1S/C14H17FN2O/c1-10-8-17(5-4-14(10)18)9-11-2-3-13(15)6-12(11)7-16/h2-3,6,10,14,18H,4-5,8-9H2,1H3. The summed E-state index contributed by atoms with van der Waals surface area (Å²) in [6.45, 7) is 4.28. The number of aliphatic hydroxyl groups is 1. The summed E-state index contributed by atoms with van der Waals surface area (Å²) in [5.41, 5.74) is 1.25. The molecule has 1 aromatic rings. The van der Waals surface area contributed by atoms with Gasteiger partial charge in [0.25, 0.3) is 0 Å². The molecule has 0 aliphatic carbocycles. The Hall–Kier alpha value is -1.44. The highest BCUT2D eigenvalue weighted by Crippen LogP contribution is 2.20. The second-order valence-corrected chi connectivity index (χ2v) is 4.98. The van der Waals surface area contributed by atoms with Crippen LogP contribution in [0.25, 0.3) is 0 Å². The van der Waals surface area contributed by atoms with Crippen molar-refractivity contribution in [2.24, 2.45) is 5.92 Å². The van der Waals surface area contributed by atoms with Crippen LogP contribution >= 0.6 is 0 Å². The molecule has 4 heteroatoms. The molecule has 1 aliphatic heterocycles. The molecule has 0 saturated carbocycles. The van der Waals surface area contributed by atoms with Crippen molar-refractivity contribution in [1.82, 2.24) is 4.90 Å². The Kier molecular flexibility index (Phi) is 3.95. The molecular formula is C14H17FN2O. The van der Waals surface area contributed by atoms with Crippen LogP contribution in [0.2, 0.25) is 0 Å². The quantitative estimate of drug-likeness (QED) is 0.869. The number of nitriles is 1. The van der Waals surface area contributed by atoms with Crippen molar-refractivity contribution < 1.29 is 9.50 Å². The normalized spacial score (nSPS) is 24.8. The van der Waals surface area contributed by atoms with Gasteiger partial charge in [0.05, 0.1) is 17.7 Å². The van der Waals surface area contributed by atoms with E-state index in [0.717, 1.165) is 25.1 Å². The van der Waals surface area contributed by atoms with Crippen LogP contribution in [0.4, 0.5) is 4.39 Å². The minimum absolute atomic E-state index is 0.232. The Balaban J connectivity index is 2.08. The van der Waals surface area contributed by atoms with Crippen LogP contribution in [0.1, 0.15) is 24.5 Å². The van der Waals surface area contributed by atoms with Gasteiger partial charge in [-0.1, -0.05) is 13.0 Å². The van der Waals surface area contributed by atoms with Gasteiger partial charge in [-0.05, 0) is 30.0 Å². The molecule has 1 saturated heterocycles. The summed E-state index contributed by atoms with van der Waals surface area (Å²) in [5, 5.41) is 18.7. The third kappa shape index (κ3) is 2.87. The van der Waals surface area contributed by atoms with Crippen LogP contribution in [0.15, 0.2) is 18.2 Å². The van der Waals surface area contributed by atoms with Gasteiger partial charge in [-0.2, -0.15) is 5.26 Å². The number of likely N-dealkylation sites (tertiary alicyclic amines) is 1. The van der Waals surface area contributed by atoms with Crippen LogP contribution in [0.3, 0.4) is 0 Å². The lowest BCUT2D eigenvalue weighted by Crippen LogP contribution is -2.41. The Morgan fingerprint density at radius 2 is 2.33 bits per heavy atom. The molecule has 3 nitrogen and oxygen atoms in total. The van der Waals surface area contributed by atoms with Gasteiger partial charge in [0, 0.05) is 19.6 Å². The molecule has 0 radical (unpaired) electrons. The molecule has 1 aliphatic rings. The van der Waals surface area contributed by atoms with E-state index in [9.17, 15) is 9.50 Å². The molecule has 2 unspecified atom stereocenters. The number of halogens is 1. The molecular weight excluding hydrogens is 231 g/mol. The van der Waals surface area contributed by atoms with Crippen LogP contribution in [-0.2, 0) is 6.54 Å². The van der Waals surface area contributed by atoms with Crippen molar-refractivity contribution in [2.45, 2.75) is 26.0 Å². The van der Waals surface area contributed by atoms with Crippen LogP contribution in [0, 0.1) is 23.1 Å². The average Bonchev–Trinajstić information content (AvgIpc) is 2.36. The molecule has 0 amide bonds. The Morgan fingerprint density at radius 1 is 1.56 bits per heavy atom. The first-order valence-electron chi connectivity index (χ1n) is 6.19. The molecule has 2 atom stereocenters. The topological polar surface area (TPSA) is 47.3 Å². The van der Waals surface area contributed by atoms with E-state index in [2.05, 4.69) is 4.90 Å². The van der Waals surface area contributed by atoms with E-state index in [-0.39, 0.29) is 17.8 Å². The first kappa shape index (κ1) is 13.0. The molecule has 0 bridgehead atoms. The molecule has 1 N–H and O–H groups in total. The molecule has 18 heavy (non-hydrogen) atoms. The van der Waals surface area contributed by atoms with Gasteiger partial charge in [-0.3, -0.25) is 4.90 Å². The highest BCUT2D eigenvalue weighted by atomic mass is 19.1. The van der Waals surface area contributed by atoms with Crippen molar-refractivity contribution in [3.05, 3.63) is 35.1 Å². The largest absolute Gasteiger partial charge is 0.393 e. The molecule has 1 heterocycles. The van der Waals surface area contributed by atoms with E-state index in [1.165, 1.54) is 12.1 Å². The number of hydrogen-bond donors (Lipinski definition) is 1. The number of hydrogen-bond acceptors (Lipinski definition) is 3. The SMILES string of the molecule is CC1CN(Cc2ccc(F)cc2C#N)CCC1O. The first-order chi connectivity index (χ1) is 8.60. The lowest BCUT2D eigenvalue weighted by Gasteiger charge is -2.34. The molecule has 0 spiro atoms. The van der Waals surface area contributed by atoms with E-state index >= 15 is 0 Å². The number of benzene rings is 1. The highest BCUT2D eigenvalue weighted by Gasteiger charge is 2.24. The Labute approximate surface area is 106 Å². The zero-order valence-electron chi connectivity index (χ0n) is 10.4. The average molecular weight is 248 g/mol. The highest BCUT2D eigenvalue weighted by molar-refractivity contribution is 5.37. The Morgan fingerprint density at radius 3 is 3.00 bits per heavy atom. The van der Waals surface area contributed by atoms with Crippen LogP contribution in [-0.4, -0.2) is 29.2 Å². The van der Waals surface area contributed by atoms with Gasteiger partial charge in [0.2, 0.25) is 0 Å². The van der Waals surface area contributed by atoms with Crippen molar-refractivity contribution in [2.75, 3.05) is 13.1 Å². The molecule has 2 rings (SSSR count). The summed E-state index contributed by atoms with van der Waals surface area (Å²) in [6.07, 6.45) is 0.523. The predicted octanol–water partition coefficient (Wildman–Crippen LogP) is 1.90. The van der Waals surface area contributed by atoms with Crippen LogP contribution in [0.5, 0.6) is 0 Å². The van der Waals surface area contributed by atoms with E-state index in [4.69, 9.17) is 5.26 Å². The summed E-state index contributed by atoms with van der Waals surface area (Å²) >= 11 is 0. The molecule has 1 fully saturated rings. The third-order valence-corrected chi connectivity index (χ3v) is 3.53. The van der Waals surface area contributed by atoms with Gasteiger partial charge in [-0.25, -0.2) is 4.39 Å². The maximum Gasteiger partial charge on any atom is 0.124 e. The van der Waals surface area contributed by atoms with Crippen molar-refractivity contribution in [3.8, 4) is 6.07 Å². The summed E-state index contributed by atoms with van der Waals surface area (Å²) in [7, 11) is 0. The minimum atomic E-state index is -0.377. The smallest absolute Gasteiger partial charge is 0.124 e. The number of piperidine rings is 1. The van der Waals surface area contributed by atoms with Gasteiger partial charge >= 0.3 is 0 Å². The predicted molar refractivity (Wildman–Crippen MR) is 66.2 cm³/mol. The van der Waals surface area contributed by atoms with E-state index < -0.39 is 0 Å². The summed E-state index contributed by atoms with van der Waals surface area (Å²) < 4.78 is 13.0. The molecule has 96 valence electrons. The maximum atomic E-state index is 13.0. The molecule has 0 aromatic heterocycles. The van der Waals surface area contributed by atoms with Crippen molar-refractivity contribution in [1.29, 1.82) is 5.26 Å². The second-order valence-electron chi connectivity index (χ2n) is 4.98. The monoisotopic (exact) mass is 248 g/mol. The number of nitrogens with zero attached hydrogens (tertiary/aromatic N) is 2. The fourth-order valence-electron chi connectivity index (χ4n) is 2.39. The minimum Gasteiger partial charge on any atom is -0.393 e. The fourth-order valence-corrected chi connectivity index (χ4v) is 2.39. The van der Waals surface area contributed by atoms with Gasteiger partial charge in [0.1, 0.15) is 5.82 Å². The van der Waals surface area contributed by atoms with Crippen molar-refractivity contribution in [3.63, 3.8) is 0 Å². The Bertz CT molecular complexity index is 469. The van der Waals surface area contributed by atoms with Crippen molar-refractivity contribution >= 4 is 0 Å².